The van der Waals surface area contributed by atoms with Crippen LogP contribution in [0.5, 0.6) is 0 Å². The SMILES string of the molecule is CCCS(=O)(=O)Nc1cccc(-c2cn(-c3ccc(C4CCN(CC5CCN(c6ccc([C@H]7CCC(=O)NC7=O)c(F)c6)CC5)CC4)cc3)nc2-c2ccncc2)c1F. The Balaban J connectivity index is 0.877. The van der Waals surface area contributed by atoms with E-state index in [2.05, 4.69) is 37.0 Å². The first-order valence-corrected chi connectivity index (χ1v) is 22.2. The van der Waals surface area contributed by atoms with Crippen molar-refractivity contribution in [2.45, 2.75) is 63.7 Å². The van der Waals surface area contributed by atoms with Crippen LogP contribution in [0.2, 0.25) is 0 Å². The first-order valence-electron chi connectivity index (χ1n) is 20.6. The molecule has 3 aliphatic rings. The Kier molecular flexibility index (Phi) is 11.9. The molecule has 2 amide bonds. The topological polar surface area (TPSA) is 130 Å². The van der Waals surface area contributed by atoms with Crippen LogP contribution in [0.4, 0.5) is 20.2 Å². The van der Waals surface area contributed by atoms with Gasteiger partial charge in [0.25, 0.3) is 0 Å². The molecule has 0 aliphatic carbocycles. The van der Waals surface area contributed by atoms with Crippen LogP contribution in [0.1, 0.15) is 74.8 Å². The molecule has 11 nitrogen and oxygen atoms in total. The maximum Gasteiger partial charge on any atom is 0.234 e. The van der Waals surface area contributed by atoms with E-state index in [-0.39, 0.29) is 29.3 Å². The van der Waals surface area contributed by atoms with Crippen molar-refractivity contribution in [3.8, 4) is 28.1 Å². The van der Waals surface area contributed by atoms with Crippen molar-refractivity contribution in [3.63, 3.8) is 0 Å². The number of likely N-dealkylation sites (tertiary alicyclic amines) is 1. The number of piperidine rings is 3. The number of pyridine rings is 1. The minimum Gasteiger partial charge on any atom is -0.371 e. The van der Waals surface area contributed by atoms with Gasteiger partial charge in [0.2, 0.25) is 21.8 Å². The van der Waals surface area contributed by atoms with E-state index < -0.39 is 33.5 Å². The number of amides is 2. The van der Waals surface area contributed by atoms with E-state index in [1.165, 1.54) is 17.7 Å². The smallest absolute Gasteiger partial charge is 0.234 e. The fraction of sp³-hybridized carbons (Fsp3) is 0.378. The van der Waals surface area contributed by atoms with Gasteiger partial charge in [-0.1, -0.05) is 37.3 Å². The van der Waals surface area contributed by atoms with Crippen molar-refractivity contribution < 1.29 is 26.8 Å². The fourth-order valence-corrected chi connectivity index (χ4v) is 9.94. The molecule has 8 rings (SSSR count). The average Bonchev–Trinajstić information content (AvgIpc) is 3.68. The molecule has 5 heterocycles. The number of aromatic nitrogens is 3. The van der Waals surface area contributed by atoms with Gasteiger partial charge >= 0.3 is 0 Å². The Morgan fingerprint density at radius 2 is 1.58 bits per heavy atom. The molecule has 3 aromatic carbocycles. The van der Waals surface area contributed by atoms with E-state index in [0.717, 1.165) is 75.3 Å². The highest BCUT2D eigenvalue weighted by Crippen LogP contribution is 2.37. The predicted octanol–water partition coefficient (Wildman–Crippen LogP) is 7.65. The first kappa shape index (κ1) is 40.3. The lowest BCUT2D eigenvalue weighted by Crippen LogP contribution is -2.41. The summed E-state index contributed by atoms with van der Waals surface area (Å²) >= 11 is 0. The zero-order chi connectivity index (χ0) is 41.1. The highest BCUT2D eigenvalue weighted by molar-refractivity contribution is 7.92. The Labute approximate surface area is 343 Å². The molecule has 2 N–H and O–H groups in total. The largest absolute Gasteiger partial charge is 0.371 e. The summed E-state index contributed by atoms with van der Waals surface area (Å²) < 4.78 is 60.3. The van der Waals surface area contributed by atoms with Crippen LogP contribution in [0.3, 0.4) is 0 Å². The number of imide groups is 1. The molecule has 0 bridgehead atoms. The number of nitrogens with zero attached hydrogens (tertiary/aromatic N) is 5. The lowest BCUT2D eigenvalue weighted by Gasteiger charge is -2.38. The number of anilines is 2. The van der Waals surface area contributed by atoms with Crippen LogP contribution in [0.15, 0.2) is 91.4 Å². The molecule has 59 heavy (non-hydrogen) atoms. The molecule has 2 aromatic heterocycles. The van der Waals surface area contributed by atoms with Crippen molar-refractivity contribution in [2.24, 2.45) is 5.92 Å². The minimum absolute atomic E-state index is 0.101. The summed E-state index contributed by atoms with van der Waals surface area (Å²) in [6, 6.07) is 21.9. The molecule has 308 valence electrons. The van der Waals surface area contributed by atoms with Crippen molar-refractivity contribution in [1.82, 2.24) is 25.0 Å². The van der Waals surface area contributed by atoms with Crippen LogP contribution < -0.4 is 14.9 Å². The molecule has 0 unspecified atom stereocenters. The van der Waals surface area contributed by atoms with E-state index in [9.17, 15) is 18.0 Å². The number of sulfonamides is 1. The van der Waals surface area contributed by atoms with Gasteiger partial charge in [-0.25, -0.2) is 21.9 Å². The molecule has 0 saturated carbocycles. The molecule has 14 heteroatoms. The standard InChI is InChI=1S/C45H49F2N7O4S/c1-2-26-59(57,58)51-41-5-3-4-37(43(41)47)39-29-54(50-44(39)33-14-20-48-21-15-33)34-8-6-31(7-9-34)32-18-22-52(23-19-32)28-30-16-24-53(25-17-30)35-10-11-36(40(46)27-35)38-12-13-42(55)49-45(38)56/h3-11,14-15,20-21,27,29-30,32,38,51H,2,12-13,16-19,22-26,28H2,1H3,(H,49,55,56)/t38-/m1/s1. The van der Waals surface area contributed by atoms with E-state index in [4.69, 9.17) is 5.10 Å². The van der Waals surface area contributed by atoms with Gasteiger partial charge < -0.3 is 9.80 Å². The summed E-state index contributed by atoms with van der Waals surface area (Å²) in [5, 5.41) is 7.22. The number of carbonyl (C=O) groups excluding carboxylic acids is 2. The summed E-state index contributed by atoms with van der Waals surface area (Å²) in [6.07, 6.45) is 10.3. The second-order valence-corrected chi connectivity index (χ2v) is 17.8. The van der Waals surface area contributed by atoms with Gasteiger partial charge in [-0.15, -0.1) is 0 Å². The zero-order valence-corrected chi connectivity index (χ0v) is 33.9. The fourth-order valence-electron chi connectivity index (χ4n) is 8.81. The predicted molar refractivity (Wildman–Crippen MR) is 225 cm³/mol. The van der Waals surface area contributed by atoms with Gasteiger partial charge in [-0.05, 0) is 111 Å². The summed E-state index contributed by atoms with van der Waals surface area (Å²) in [7, 11) is -3.69. The molecular weight excluding hydrogens is 773 g/mol. The van der Waals surface area contributed by atoms with E-state index >= 15 is 8.78 Å². The number of benzene rings is 3. The number of hydrogen-bond donors (Lipinski definition) is 2. The minimum atomic E-state index is -3.69. The molecule has 3 fully saturated rings. The van der Waals surface area contributed by atoms with Crippen molar-refractivity contribution >= 4 is 33.2 Å². The number of hydrogen-bond acceptors (Lipinski definition) is 8. The zero-order valence-electron chi connectivity index (χ0n) is 33.1. The summed E-state index contributed by atoms with van der Waals surface area (Å²) in [5.74, 6) is -1.51. The second-order valence-electron chi connectivity index (χ2n) is 16.0. The second kappa shape index (κ2) is 17.4. The molecular formula is C45H49F2N7O4S. The van der Waals surface area contributed by atoms with Crippen LogP contribution >= 0.6 is 0 Å². The van der Waals surface area contributed by atoms with Gasteiger partial charge in [0.1, 0.15) is 11.5 Å². The number of carbonyl (C=O) groups is 2. The molecule has 0 radical (unpaired) electrons. The Morgan fingerprint density at radius 3 is 2.27 bits per heavy atom. The van der Waals surface area contributed by atoms with Crippen LogP contribution in [0.25, 0.3) is 28.1 Å². The maximum absolute atomic E-state index is 16.0. The highest BCUT2D eigenvalue weighted by Gasteiger charge is 2.31. The lowest BCUT2D eigenvalue weighted by atomic mass is 9.88. The monoisotopic (exact) mass is 821 g/mol. The average molecular weight is 822 g/mol. The molecule has 0 spiro atoms. The third kappa shape index (κ3) is 9.08. The lowest BCUT2D eigenvalue weighted by molar-refractivity contribution is -0.134. The first-order chi connectivity index (χ1) is 28.5. The van der Waals surface area contributed by atoms with Crippen LogP contribution in [-0.4, -0.2) is 78.4 Å². The molecule has 3 saturated heterocycles. The van der Waals surface area contributed by atoms with Gasteiger partial charge in [-0.2, -0.15) is 5.10 Å². The van der Waals surface area contributed by atoms with Crippen LogP contribution in [-0.2, 0) is 19.6 Å². The molecule has 3 aliphatic heterocycles. The summed E-state index contributed by atoms with van der Waals surface area (Å²) in [4.78, 5) is 32.8. The van der Waals surface area contributed by atoms with Crippen molar-refractivity contribution in [3.05, 3.63) is 114 Å². The Bertz CT molecular complexity index is 2410. The summed E-state index contributed by atoms with van der Waals surface area (Å²) in [6.45, 7) is 6.57. The number of halogens is 2. The van der Waals surface area contributed by atoms with Gasteiger partial charge in [0, 0.05) is 72.6 Å². The van der Waals surface area contributed by atoms with Crippen LogP contribution in [0, 0.1) is 17.6 Å². The normalized spacial score (nSPS) is 18.6. The van der Waals surface area contributed by atoms with Gasteiger partial charge in [0.15, 0.2) is 5.82 Å². The van der Waals surface area contributed by atoms with Gasteiger partial charge in [-0.3, -0.25) is 24.6 Å². The van der Waals surface area contributed by atoms with Crippen molar-refractivity contribution in [1.29, 1.82) is 0 Å². The van der Waals surface area contributed by atoms with Gasteiger partial charge in [0.05, 0.1) is 23.0 Å². The molecule has 1 atom stereocenters. The third-order valence-corrected chi connectivity index (χ3v) is 13.5. The van der Waals surface area contributed by atoms with Crippen molar-refractivity contribution in [2.75, 3.05) is 48.1 Å². The Hall–Kier alpha value is -5.47. The Morgan fingerprint density at radius 1 is 0.847 bits per heavy atom. The quantitative estimate of drug-likeness (QED) is 0.123. The third-order valence-electron chi connectivity index (χ3n) is 12.0. The number of nitrogens with one attached hydrogen (secondary N) is 2. The highest BCUT2D eigenvalue weighted by atomic mass is 32.2. The van der Waals surface area contributed by atoms with E-state index in [1.807, 2.05) is 30.3 Å². The summed E-state index contributed by atoms with van der Waals surface area (Å²) in [5.41, 5.74) is 5.26. The van der Waals surface area contributed by atoms with E-state index in [1.54, 1.807) is 48.4 Å². The number of rotatable bonds is 12. The molecule has 5 aromatic rings. The maximum atomic E-state index is 16.0. The van der Waals surface area contributed by atoms with E-state index in [0.29, 0.717) is 41.5 Å².